The molecule has 0 radical (unpaired) electrons. The largest absolute Gasteiger partial charge is 0.390 e. The Hall–Kier alpha value is -0.480. The Morgan fingerprint density at radius 2 is 2.45 bits per heavy atom. The van der Waals surface area contributed by atoms with Gasteiger partial charge in [-0.3, -0.25) is 0 Å². The van der Waals surface area contributed by atoms with Crippen LogP contribution in [0.15, 0.2) is 0 Å². The lowest BCUT2D eigenvalue weighted by Gasteiger charge is -2.43. The molecule has 62 valence electrons. The molecular weight excluding hydrogens is 136 g/mol. The van der Waals surface area contributed by atoms with E-state index in [1.807, 2.05) is 0 Å². The highest BCUT2D eigenvalue weighted by Crippen LogP contribution is 2.41. The molecule has 1 N–H and O–H groups in total. The Bertz CT molecular complexity index is 168. The number of hydrogen-bond donors (Lipinski definition) is 1. The van der Waals surface area contributed by atoms with Gasteiger partial charge in [0.05, 0.1) is 5.60 Å². The number of rotatable bonds is 3. The van der Waals surface area contributed by atoms with Gasteiger partial charge >= 0.3 is 0 Å². The van der Waals surface area contributed by atoms with Crippen LogP contribution in [-0.2, 0) is 0 Å². The molecule has 0 aromatic rings. The molecule has 1 rings (SSSR count). The van der Waals surface area contributed by atoms with Gasteiger partial charge in [-0.25, -0.2) is 0 Å². The number of hydrogen-bond acceptors (Lipinski definition) is 1. The number of aliphatic hydroxyl groups is 1. The minimum absolute atomic E-state index is 0.364. The molecule has 1 saturated carbocycles. The quantitative estimate of drug-likeness (QED) is 0.484. The average molecular weight is 152 g/mol. The first-order valence-corrected chi connectivity index (χ1v) is 4.35. The van der Waals surface area contributed by atoms with Gasteiger partial charge in [0, 0.05) is 6.42 Å². The molecule has 1 nitrogen and oxygen atoms in total. The molecule has 0 aliphatic heterocycles. The molecular formula is C10H16O. The summed E-state index contributed by atoms with van der Waals surface area (Å²) >= 11 is 0. The molecule has 11 heavy (non-hydrogen) atoms. The second-order valence-corrected chi connectivity index (χ2v) is 3.60. The summed E-state index contributed by atoms with van der Waals surface area (Å²) in [6.07, 6.45) is 9.92. The average Bonchev–Trinajstić information content (AvgIpc) is 2.02. The third-order valence-corrected chi connectivity index (χ3v) is 2.86. The van der Waals surface area contributed by atoms with Crippen LogP contribution in [0.1, 0.15) is 39.0 Å². The molecule has 0 aromatic carbocycles. The molecule has 0 aromatic heterocycles. The van der Waals surface area contributed by atoms with Crippen molar-refractivity contribution in [3.05, 3.63) is 0 Å². The van der Waals surface area contributed by atoms with Gasteiger partial charge in [-0.2, -0.15) is 0 Å². The van der Waals surface area contributed by atoms with Crippen LogP contribution in [-0.4, -0.2) is 10.7 Å². The third kappa shape index (κ3) is 1.75. The predicted molar refractivity (Wildman–Crippen MR) is 46.0 cm³/mol. The van der Waals surface area contributed by atoms with E-state index in [1.54, 1.807) is 0 Å². The van der Waals surface area contributed by atoms with E-state index < -0.39 is 0 Å². The van der Waals surface area contributed by atoms with E-state index in [0.29, 0.717) is 5.92 Å². The van der Waals surface area contributed by atoms with E-state index in [4.69, 9.17) is 6.42 Å². The van der Waals surface area contributed by atoms with Crippen LogP contribution in [0.4, 0.5) is 0 Å². The van der Waals surface area contributed by atoms with Crippen LogP contribution in [0.3, 0.4) is 0 Å². The minimum Gasteiger partial charge on any atom is -0.390 e. The van der Waals surface area contributed by atoms with Crippen molar-refractivity contribution >= 4 is 0 Å². The van der Waals surface area contributed by atoms with E-state index in [2.05, 4.69) is 12.8 Å². The zero-order valence-corrected chi connectivity index (χ0v) is 7.14. The van der Waals surface area contributed by atoms with Gasteiger partial charge in [-0.1, -0.05) is 6.92 Å². The van der Waals surface area contributed by atoms with Crippen molar-refractivity contribution < 1.29 is 5.11 Å². The van der Waals surface area contributed by atoms with Crippen LogP contribution < -0.4 is 0 Å². The van der Waals surface area contributed by atoms with E-state index in [0.717, 1.165) is 25.7 Å². The van der Waals surface area contributed by atoms with Gasteiger partial charge in [-0.15, -0.1) is 12.3 Å². The van der Waals surface area contributed by atoms with Crippen molar-refractivity contribution in [1.82, 2.24) is 0 Å². The lowest BCUT2D eigenvalue weighted by atomic mass is 9.68. The highest BCUT2D eigenvalue weighted by molar-refractivity contribution is 4.94. The second-order valence-electron chi connectivity index (χ2n) is 3.60. The Morgan fingerprint density at radius 3 is 2.82 bits per heavy atom. The Labute approximate surface area is 68.8 Å². The normalized spacial score (nSPS) is 35.9. The number of unbranched alkanes of at least 4 members (excludes halogenated alkanes) is 1. The van der Waals surface area contributed by atoms with E-state index in [9.17, 15) is 5.11 Å². The number of terminal acetylenes is 1. The first-order valence-electron chi connectivity index (χ1n) is 4.35. The monoisotopic (exact) mass is 152 g/mol. The van der Waals surface area contributed by atoms with Crippen LogP contribution >= 0.6 is 0 Å². The van der Waals surface area contributed by atoms with Gasteiger partial charge in [0.15, 0.2) is 0 Å². The molecule has 1 fully saturated rings. The Kier molecular flexibility index (Phi) is 2.57. The molecule has 0 amide bonds. The van der Waals surface area contributed by atoms with Crippen molar-refractivity contribution in [3.63, 3.8) is 0 Å². The maximum absolute atomic E-state index is 9.84. The van der Waals surface area contributed by atoms with Crippen LogP contribution in [0.2, 0.25) is 0 Å². The minimum atomic E-state index is -0.364. The Balaban J connectivity index is 2.20. The SMILES string of the molecule is C#CCCCC1(O)CCC1C. The fourth-order valence-electron chi connectivity index (χ4n) is 1.63. The van der Waals surface area contributed by atoms with Gasteiger partial charge in [0.25, 0.3) is 0 Å². The molecule has 2 atom stereocenters. The summed E-state index contributed by atoms with van der Waals surface area (Å²) in [6, 6.07) is 0. The summed E-state index contributed by atoms with van der Waals surface area (Å²) in [5.41, 5.74) is -0.364. The summed E-state index contributed by atoms with van der Waals surface area (Å²) < 4.78 is 0. The van der Waals surface area contributed by atoms with E-state index in [-0.39, 0.29) is 5.60 Å². The summed E-state index contributed by atoms with van der Waals surface area (Å²) in [4.78, 5) is 0. The molecule has 2 unspecified atom stereocenters. The fourth-order valence-corrected chi connectivity index (χ4v) is 1.63. The van der Waals surface area contributed by atoms with Crippen LogP contribution in [0, 0.1) is 18.3 Å². The van der Waals surface area contributed by atoms with E-state index in [1.165, 1.54) is 6.42 Å². The highest BCUT2D eigenvalue weighted by Gasteiger charge is 2.40. The van der Waals surface area contributed by atoms with Gasteiger partial charge in [0.1, 0.15) is 0 Å². The topological polar surface area (TPSA) is 20.2 Å². The predicted octanol–water partition coefficient (Wildman–Crippen LogP) is 1.95. The molecule has 0 spiro atoms. The molecule has 0 bridgehead atoms. The van der Waals surface area contributed by atoms with Gasteiger partial charge in [0.2, 0.25) is 0 Å². The first-order chi connectivity index (χ1) is 5.19. The fraction of sp³-hybridized carbons (Fsp3) is 0.800. The van der Waals surface area contributed by atoms with Gasteiger partial charge < -0.3 is 5.11 Å². The van der Waals surface area contributed by atoms with Crippen molar-refractivity contribution in [1.29, 1.82) is 0 Å². The smallest absolute Gasteiger partial charge is 0.0673 e. The van der Waals surface area contributed by atoms with Crippen molar-refractivity contribution in [2.24, 2.45) is 5.92 Å². The molecule has 1 heteroatoms. The van der Waals surface area contributed by atoms with Gasteiger partial charge in [-0.05, 0) is 31.6 Å². The highest BCUT2D eigenvalue weighted by atomic mass is 16.3. The summed E-state index contributed by atoms with van der Waals surface area (Å²) in [5, 5.41) is 9.84. The summed E-state index contributed by atoms with van der Waals surface area (Å²) in [7, 11) is 0. The zero-order valence-electron chi connectivity index (χ0n) is 7.14. The lowest BCUT2D eigenvalue weighted by Crippen LogP contribution is -2.45. The molecule has 0 saturated heterocycles. The first kappa shape index (κ1) is 8.62. The summed E-state index contributed by atoms with van der Waals surface area (Å²) in [5.74, 6) is 3.08. The maximum atomic E-state index is 9.84. The van der Waals surface area contributed by atoms with Crippen molar-refractivity contribution in [2.45, 2.75) is 44.6 Å². The Morgan fingerprint density at radius 1 is 1.73 bits per heavy atom. The lowest BCUT2D eigenvalue weighted by molar-refractivity contribution is -0.0928. The van der Waals surface area contributed by atoms with Crippen molar-refractivity contribution in [3.8, 4) is 12.3 Å². The van der Waals surface area contributed by atoms with Crippen molar-refractivity contribution in [2.75, 3.05) is 0 Å². The van der Waals surface area contributed by atoms with E-state index >= 15 is 0 Å². The standard InChI is InChI=1S/C10H16O/c1-3-4-5-7-10(11)8-6-9(10)2/h1,9,11H,4-8H2,2H3. The molecule has 1 aliphatic rings. The zero-order chi connectivity index (χ0) is 8.32. The van der Waals surface area contributed by atoms with Crippen LogP contribution in [0.25, 0.3) is 0 Å². The van der Waals surface area contributed by atoms with Crippen LogP contribution in [0.5, 0.6) is 0 Å². The summed E-state index contributed by atoms with van der Waals surface area (Å²) in [6.45, 7) is 2.11. The third-order valence-electron chi connectivity index (χ3n) is 2.86. The molecule has 1 aliphatic carbocycles. The molecule has 0 heterocycles. The second kappa shape index (κ2) is 3.28. The maximum Gasteiger partial charge on any atom is 0.0673 e.